The molecule has 5 heteroatoms. The highest BCUT2D eigenvalue weighted by Crippen LogP contribution is 1.95. The first kappa shape index (κ1) is 14.9. The van der Waals surface area contributed by atoms with Gasteiger partial charge in [-0.15, -0.1) is 6.58 Å². The topological polar surface area (TPSA) is 94.8 Å². The molecule has 3 N–H and O–H groups in total. The fourth-order valence-corrected chi connectivity index (χ4v) is 0.349. The lowest BCUT2D eigenvalue weighted by molar-refractivity contribution is -0.139. The van der Waals surface area contributed by atoms with Crippen LogP contribution in [0.3, 0.4) is 0 Å². The van der Waals surface area contributed by atoms with Crippen molar-refractivity contribution >= 4 is 11.9 Å². The summed E-state index contributed by atoms with van der Waals surface area (Å²) in [5, 5.41) is 24.1. The van der Waals surface area contributed by atoms with E-state index in [1.165, 1.54) is 0 Å². The van der Waals surface area contributed by atoms with Gasteiger partial charge in [0.15, 0.2) is 0 Å². The van der Waals surface area contributed by atoms with Crippen molar-refractivity contribution in [2.24, 2.45) is 0 Å². The van der Waals surface area contributed by atoms with Crippen molar-refractivity contribution in [3.63, 3.8) is 0 Å². The van der Waals surface area contributed by atoms with E-state index in [4.69, 9.17) is 15.3 Å². The van der Waals surface area contributed by atoms with Crippen LogP contribution >= 0.6 is 0 Å². The van der Waals surface area contributed by atoms with Gasteiger partial charge >= 0.3 is 11.9 Å². The minimum atomic E-state index is -1.27. The smallest absolute Gasteiger partial charge is 0.331 e. The number of aliphatic hydroxyl groups excluding tert-OH is 1. The molecule has 0 radical (unpaired) electrons. The summed E-state index contributed by atoms with van der Waals surface area (Å²) in [6.07, 6.45) is 1.88. The minimum absolute atomic E-state index is 0.226. The Balaban J connectivity index is 0. The van der Waals surface area contributed by atoms with Crippen molar-refractivity contribution in [3.8, 4) is 0 Å². The molecule has 0 rings (SSSR count). The van der Waals surface area contributed by atoms with Crippen LogP contribution in [0.1, 0.15) is 12.8 Å². The van der Waals surface area contributed by atoms with Gasteiger partial charge in [0.1, 0.15) is 0 Å². The Bertz CT molecular complexity index is 219. The lowest BCUT2D eigenvalue weighted by Gasteiger charge is -1.91. The summed E-state index contributed by atoms with van der Waals surface area (Å²) >= 11 is 0. The van der Waals surface area contributed by atoms with E-state index in [-0.39, 0.29) is 12.2 Å². The van der Waals surface area contributed by atoms with Crippen LogP contribution in [0.15, 0.2) is 24.8 Å². The standard InChI is InChI=1S/C5H6O4.C4H8O/c1-3(5(8)9)2-4(6)7;1-2-3-4-5/h1-2H2,(H,6,7)(H,8,9);2,5H,1,3-4H2. The van der Waals surface area contributed by atoms with E-state index in [2.05, 4.69) is 13.2 Å². The van der Waals surface area contributed by atoms with Gasteiger partial charge in [-0.2, -0.15) is 0 Å². The van der Waals surface area contributed by atoms with E-state index in [1.54, 1.807) is 6.08 Å². The number of carbonyl (C=O) groups is 2. The number of carboxylic acid groups (broad SMARTS) is 2. The number of hydrogen-bond acceptors (Lipinski definition) is 3. The van der Waals surface area contributed by atoms with Crippen molar-refractivity contribution in [3.05, 3.63) is 24.8 Å². The van der Waals surface area contributed by atoms with Gasteiger partial charge in [0, 0.05) is 12.2 Å². The van der Waals surface area contributed by atoms with Gasteiger partial charge in [0.25, 0.3) is 0 Å². The molecule has 80 valence electrons. The van der Waals surface area contributed by atoms with Crippen LogP contribution in [0.25, 0.3) is 0 Å². The average molecular weight is 202 g/mol. The van der Waals surface area contributed by atoms with Crippen molar-refractivity contribution < 1.29 is 24.9 Å². The molecule has 0 aromatic rings. The van der Waals surface area contributed by atoms with E-state index < -0.39 is 18.4 Å². The number of aliphatic hydroxyl groups is 1. The second-order valence-corrected chi connectivity index (χ2v) is 2.28. The van der Waals surface area contributed by atoms with E-state index >= 15 is 0 Å². The largest absolute Gasteiger partial charge is 0.481 e. The van der Waals surface area contributed by atoms with Crippen LogP contribution in [0.5, 0.6) is 0 Å². The Hall–Kier alpha value is -1.62. The first-order valence-corrected chi connectivity index (χ1v) is 3.80. The molecule has 0 aromatic heterocycles. The summed E-state index contributed by atoms with van der Waals surface area (Å²) in [5.74, 6) is -2.44. The lowest BCUT2D eigenvalue weighted by atomic mass is 10.2. The van der Waals surface area contributed by atoms with E-state index in [0.717, 1.165) is 0 Å². The predicted molar refractivity (Wildman–Crippen MR) is 50.9 cm³/mol. The van der Waals surface area contributed by atoms with Gasteiger partial charge < -0.3 is 15.3 Å². The molecule has 14 heavy (non-hydrogen) atoms. The molecular formula is C9H14O5. The second-order valence-electron chi connectivity index (χ2n) is 2.28. The Labute approximate surface area is 82.0 Å². The molecule has 0 aliphatic heterocycles. The SMILES string of the molecule is C=C(CC(=O)O)C(=O)O.C=CCCO. The lowest BCUT2D eigenvalue weighted by Crippen LogP contribution is -2.04. The summed E-state index contributed by atoms with van der Waals surface area (Å²) < 4.78 is 0. The van der Waals surface area contributed by atoms with Crippen LogP contribution < -0.4 is 0 Å². The Morgan fingerprint density at radius 2 is 1.79 bits per heavy atom. The number of rotatable bonds is 5. The van der Waals surface area contributed by atoms with Crippen LogP contribution in [-0.2, 0) is 9.59 Å². The molecule has 0 aliphatic carbocycles. The quantitative estimate of drug-likeness (QED) is 0.449. The number of carboxylic acids is 2. The molecule has 0 aromatic carbocycles. The highest BCUT2D eigenvalue weighted by molar-refractivity contribution is 5.91. The first-order valence-electron chi connectivity index (χ1n) is 3.80. The molecule has 0 heterocycles. The average Bonchev–Trinajstić information content (AvgIpc) is 2.05. The fraction of sp³-hybridized carbons (Fsp3) is 0.333. The number of hydrogen-bond donors (Lipinski definition) is 3. The van der Waals surface area contributed by atoms with Crippen LogP contribution in [0.4, 0.5) is 0 Å². The summed E-state index contributed by atoms with van der Waals surface area (Å²) in [6.45, 7) is 6.63. The molecule has 5 nitrogen and oxygen atoms in total. The van der Waals surface area contributed by atoms with E-state index in [0.29, 0.717) is 6.42 Å². The molecular weight excluding hydrogens is 188 g/mol. The van der Waals surface area contributed by atoms with Crippen molar-refractivity contribution in [1.82, 2.24) is 0 Å². The van der Waals surface area contributed by atoms with E-state index in [9.17, 15) is 9.59 Å². The zero-order chi connectivity index (χ0) is 11.6. The molecule has 0 fully saturated rings. The normalized spacial score (nSPS) is 8.07. The number of aliphatic carboxylic acids is 2. The zero-order valence-electron chi connectivity index (χ0n) is 7.77. The summed E-state index contributed by atoms with van der Waals surface area (Å²) in [7, 11) is 0. The van der Waals surface area contributed by atoms with Gasteiger partial charge in [0.2, 0.25) is 0 Å². The zero-order valence-corrected chi connectivity index (χ0v) is 7.77. The molecule has 0 bridgehead atoms. The molecule has 0 aliphatic rings. The third-order valence-corrected chi connectivity index (χ3v) is 1.00. The first-order chi connectivity index (χ1) is 6.45. The van der Waals surface area contributed by atoms with Crippen molar-refractivity contribution in [2.45, 2.75) is 12.8 Å². The molecule has 0 atom stereocenters. The Kier molecular flexibility index (Phi) is 10.1. The maximum atomic E-state index is 9.87. The summed E-state index contributed by atoms with van der Waals surface area (Å²) in [6, 6.07) is 0. The Morgan fingerprint density at radius 1 is 1.29 bits per heavy atom. The van der Waals surface area contributed by atoms with E-state index in [1.807, 2.05) is 0 Å². The van der Waals surface area contributed by atoms with Gasteiger partial charge in [-0.05, 0) is 6.42 Å². The second kappa shape index (κ2) is 9.47. The predicted octanol–water partition coefficient (Wildman–Crippen LogP) is 0.657. The summed E-state index contributed by atoms with van der Waals surface area (Å²) in [5.41, 5.74) is -0.303. The third-order valence-electron chi connectivity index (χ3n) is 1.00. The van der Waals surface area contributed by atoms with Crippen LogP contribution in [0.2, 0.25) is 0 Å². The van der Waals surface area contributed by atoms with Gasteiger partial charge in [0.05, 0.1) is 6.42 Å². The van der Waals surface area contributed by atoms with Crippen molar-refractivity contribution in [2.75, 3.05) is 6.61 Å². The third kappa shape index (κ3) is 13.0. The molecule has 0 spiro atoms. The van der Waals surface area contributed by atoms with Gasteiger partial charge in [-0.3, -0.25) is 4.79 Å². The highest BCUT2D eigenvalue weighted by atomic mass is 16.4. The maximum absolute atomic E-state index is 9.87. The maximum Gasteiger partial charge on any atom is 0.331 e. The molecule has 0 unspecified atom stereocenters. The molecule has 0 saturated carbocycles. The van der Waals surface area contributed by atoms with Crippen LogP contribution in [0, 0.1) is 0 Å². The minimum Gasteiger partial charge on any atom is -0.481 e. The monoisotopic (exact) mass is 202 g/mol. The van der Waals surface area contributed by atoms with Gasteiger partial charge in [-0.25, -0.2) is 4.79 Å². The van der Waals surface area contributed by atoms with Gasteiger partial charge in [-0.1, -0.05) is 12.7 Å². The fourth-order valence-electron chi connectivity index (χ4n) is 0.349. The molecule has 0 saturated heterocycles. The Morgan fingerprint density at radius 3 is 1.86 bits per heavy atom. The highest BCUT2D eigenvalue weighted by Gasteiger charge is 2.07. The van der Waals surface area contributed by atoms with Crippen molar-refractivity contribution in [1.29, 1.82) is 0 Å². The van der Waals surface area contributed by atoms with Crippen LogP contribution in [-0.4, -0.2) is 33.9 Å². The summed E-state index contributed by atoms with van der Waals surface area (Å²) in [4.78, 5) is 19.7. The molecule has 0 amide bonds.